The highest BCUT2D eigenvalue weighted by molar-refractivity contribution is 6.35. The number of ether oxygens (including phenoxy) is 1. The fourth-order valence-electron chi connectivity index (χ4n) is 2.96. The zero-order valence-electron chi connectivity index (χ0n) is 17.3. The Labute approximate surface area is 203 Å². The van der Waals surface area contributed by atoms with Crippen molar-refractivity contribution < 1.29 is 22.7 Å². The lowest BCUT2D eigenvalue weighted by atomic mass is 10.1. The van der Waals surface area contributed by atoms with Gasteiger partial charge in [-0.2, -0.15) is 18.3 Å². The molecule has 176 valence electrons. The van der Waals surface area contributed by atoms with Crippen molar-refractivity contribution in [1.82, 2.24) is 15.1 Å². The molecule has 0 spiro atoms. The molecule has 1 aromatic heterocycles. The summed E-state index contributed by atoms with van der Waals surface area (Å²) in [6.45, 7) is 2.17. The zero-order valence-corrected chi connectivity index (χ0v) is 19.6. The molecule has 1 heterocycles. The minimum absolute atomic E-state index is 0.186. The first-order valence-corrected chi connectivity index (χ1v) is 10.9. The van der Waals surface area contributed by atoms with Crippen LogP contribution in [0.2, 0.25) is 15.1 Å². The normalized spacial score (nSPS) is 11.5. The summed E-state index contributed by atoms with van der Waals surface area (Å²) in [5, 5.41) is 6.77. The molecule has 0 aliphatic carbocycles. The Morgan fingerprint density at radius 1 is 1.12 bits per heavy atom. The highest BCUT2D eigenvalue weighted by Gasteiger charge is 2.38. The number of amides is 1. The van der Waals surface area contributed by atoms with Gasteiger partial charge in [-0.05, 0) is 49.2 Å². The lowest BCUT2D eigenvalue weighted by Crippen LogP contribution is -2.25. The summed E-state index contributed by atoms with van der Waals surface area (Å²) in [5.41, 5.74) is 0.408. The number of hydrogen-bond acceptors (Lipinski definition) is 3. The van der Waals surface area contributed by atoms with E-state index in [0.717, 1.165) is 5.56 Å². The SMILES string of the molecule is Cc1c(Cl)c(C(F)(F)F)nn1CCCNC(=O)c1ccc(COc2ccc(Cl)cc2Cl)cc1. The summed E-state index contributed by atoms with van der Waals surface area (Å²) in [6, 6.07) is 11.8. The van der Waals surface area contributed by atoms with Crippen LogP contribution >= 0.6 is 34.8 Å². The van der Waals surface area contributed by atoms with Gasteiger partial charge in [-0.15, -0.1) is 0 Å². The number of hydrogen-bond donors (Lipinski definition) is 1. The molecule has 3 aromatic rings. The minimum Gasteiger partial charge on any atom is -0.487 e. The maximum Gasteiger partial charge on any atom is 0.436 e. The van der Waals surface area contributed by atoms with Crippen molar-refractivity contribution in [1.29, 1.82) is 0 Å². The van der Waals surface area contributed by atoms with Crippen molar-refractivity contribution >= 4 is 40.7 Å². The summed E-state index contributed by atoms with van der Waals surface area (Å²) in [5.74, 6) is 0.202. The standard InChI is InChI=1S/C22H19Cl3F3N3O2/c1-13-19(25)20(22(26,27)28)30-31(13)10-2-9-29-21(32)15-5-3-14(4-6-15)12-33-18-8-7-16(23)11-17(18)24/h3-8,11H,2,9-10,12H2,1H3,(H,29,32). The Morgan fingerprint density at radius 3 is 2.42 bits per heavy atom. The van der Waals surface area contributed by atoms with Crippen molar-refractivity contribution in [3.8, 4) is 5.75 Å². The largest absolute Gasteiger partial charge is 0.487 e. The van der Waals surface area contributed by atoms with Crippen LogP contribution in [0.5, 0.6) is 5.75 Å². The number of nitrogens with one attached hydrogen (secondary N) is 1. The summed E-state index contributed by atoms with van der Waals surface area (Å²) >= 11 is 17.7. The van der Waals surface area contributed by atoms with E-state index in [1.165, 1.54) is 11.6 Å². The lowest BCUT2D eigenvalue weighted by Gasteiger charge is -2.10. The average molecular weight is 521 g/mol. The van der Waals surface area contributed by atoms with Gasteiger partial charge in [0.05, 0.1) is 15.7 Å². The monoisotopic (exact) mass is 519 g/mol. The number of benzene rings is 2. The molecule has 33 heavy (non-hydrogen) atoms. The smallest absolute Gasteiger partial charge is 0.436 e. The molecule has 0 aliphatic heterocycles. The molecule has 0 atom stereocenters. The molecule has 11 heteroatoms. The predicted octanol–water partition coefficient (Wildman–Crippen LogP) is 6.57. The predicted molar refractivity (Wildman–Crippen MR) is 121 cm³/mol. The molecular weight excluding hydrogens is 502 g/mol. The van der Waals surface area contributed by atoms with Crippen LogP contribution in [0.4, 0.5) is 13.2 Å². The maximum atomic E-state index is 12.9. The summed E-state index contributed by atoms with van der Waals surface area (Å²) in [6.07, 6.45) is -4.23. The Bertz CT molecular complexity index is 1130. The number of aryl methyl sites for hydroxylation is 1. The van der Waals surface area contributed by atoms with Crippen molar-refractivity contribution in [2.45, 2.75) is 32.7 Å². The van der Waals surface area contributed by atoms with E-state index in [1.807, 2.05) is 0 Å². The van der Waals surface area contributed by atoms with Crippen LogP contribution in [0.1, 0.15) is 33.7 Å². The van der Waals surface area contributed by atoms with E-state index in [-0.39, 0.29) is 31.3 Å². The fraction of sp³-hybridized carbons (Fsp3) is 0.273. The molecule has 5 nitrogen and oxygen atoms in total. The van der Waals surface area contributed by atoms with E-state index in [2.05, 4.69) is 10.4 Å². The highest BCUT2D eigenvalue weighted by atomic mass is 35.5. The number of nitrogens with zero attached hydrogens (tertiary/aromatic N) is 2. The first-order valence-electron chi connectivity index (χ1n) is 9.81. The second-order valence-electron chi connectivity index (χ2n) is 7.14. The summed E-state index contributed by atoms with van der Waals surface area (Å²) < 4.78 is 45.5. The van der Waals surface area contributed by atoms with Gasteiger partial charge in [0.2, 0.25) is 0 Å². The quantitative estimate of drug-likeness (QED) is 0.342. The van der Waals surface area contributed by atoms with Gasteiger partial charge in [0.25, 0.3) is 5.91 Å². The zero-order chi connectivity index (χ0) is 24.2. The van der Waals surface area contributed by atoms with E-state index in [9.17, 15) is 18.0 Å². The van der Waals surface area contributed by atoms with Crippen molar-refractivity contribution in [2.24, 2.45) is 0 Å². The molecule has 0 fully saturated rings. The summed E-state index contributed by atoms with van der Waals surface area (Å²) in [7, 11) is 0. The molecule has 0 saturated heterocycles. The molecule has 0 saturated carbocycles. The van der Waals surface area contributed by atoms with Crippen LogP contribution in [-0.2, 0) is 19.3 Å². The second-order valence-corrected chi connectivity index (χ2v) is 8.36. The average Bonchev–Trinajstić information content (AvgIpc) is 3.05. The minimum atomic E-state index is -4.61. The van der Waals surface area contributed by atoms with Gasteiger partial charge >= 0.3 is 6.18 Å². The third-order valence-corrected chi connectivity index (χ3v) is 5.72. The summed E-state index contributed by atoms with van der Waals surface area (Å²) in [4.78, 5) is 12.3. The van der Waals surface area contributed by atoms with Gasteiger partial charge in [0, 0.05) is 23.7 Å². The van der Waals surface area contributed by atoms with E-state index in [4.69, 9.17) is 39.5 Å². The molecule has 0 unspecified atom stereocenters. The molecule has 1 amide bonds. The second kappa shape index (κ2) is 10.7. The van der Waals surface area contributed by atoms with Crippen molar-refractivity contribution in [3.63, 3.8) is 0 Å². The molecule has 1 N–H and O–H groups in total. The lowest BCUT2D eigenvalue weighted by molar-refractivity contribution is -0.141. The first-order chi connectivity index (χ1) is 15.6. The molecule has 3 rings (SSSR count). The number of alkyl halides is 3. The third-order valence-electron chi connectivity index (χ3n) is 4.74. The van der Waals surface area contributed by atoms with Crippen LogP contribution in [0, 0.1) is 6.92 Å². The number of carbonyl (C=O) groups excluding carboxylic acids is 1. The maximum absolute atomic E-state index is 12.9. The third kappa shape index (κ3) is 6.56. The first kappa shape index (κ1) is 25.2. The van der Waals surface area contributed by atoms with Crippen LogP contribution < -0.4 is 10.1 Å². The number of aromatic nitrogens is 2. The Balaban J connectivity index is 1.47. The van der Waals surface area contributed by atoms with Crippen molar-refractivity contribution in [2.75, 3.05) is 6.54 Å². The van der Waals surface area contributed by atoms with Gasteiger partial charge in [0.15, 0.2) is 5.69 Å². The molecule has 0 radical (unpaired) electrons. The molecule has 0 aliphatic rings. The molecular formula is C22H19Cl3F3N3O2. The molecule has 2 aromatic carbocycles. The number of halogens is 6. The van der Waals surface area contributed by atoms with Gasteiger partial charge in [0.1, 0.15) is 12.4 Å². The molecule has 0 bridgehead atoms. The Morgan fingerprint density at radius 2 is 1.82 bits per heavy atom. The topological polar surface area (TPSA) is 56.2 Å². The number of rotatable bonds is 8. The van der Waals surface area contributed by atoms with Gasteiger partial charge in [-0.1, -0.05) is 46.9 Å². The van der Waals surface area contributed by atoms with Crippen LogP contribution in [0.25, 0.3) is 0 Å². The Kier molecular flexibility index (Phi) is 8.15. The fourth-order valence-corrected chi connectivity index (χ4v) is 3.67. The van der Waals surface area contributed by atoms with E-state index >= 15 is 0 Å². The van der Waals surface area contributed by atoms with Gasteiger partial charge in [-0.3, -0.25) is 9.48 Å². The van der Waals surface area contributed by atoms with Gasteiger partial charge in [-0.25, -0.2) is 0 Å². The van der Waals surface area contributed by atoms with Gasteiger partial charge < -0.3 is 10.1 Å². The number of carbonyl (C=O) groups is 1. The van der Waals surface area contributed by atoms with E-state index < -0.39 is 16.9 Å². The van der Waals surface area contributed by atoms with Crippen LogP contribution in [0.15, 0.2) is 42.5 Å². The van der Waals surface area contributed by atoms with E-state index in [1.54, 1.807) is 42.5 Å². The Hall–Kier alpha value is -2.42. The van der Waals surface area contributed by atoms with Crippen LogP contribution in [0.3, 0.4) is 0 Å². The van der Waals surface area contributed by atoms with Crippen molar-refractivity contribution in [3.05, 3.63) is 80.0 Å². The van der Waals surface area contributed by atoms with Crippen LogP contribution in [-0.4, -0.2) is 22.2 Å². The highest BCUT2D eigenvalue weighted by Crippen LogP contribution is 2.35. The van der Waals surface area contributed by atoms with E-state index in [0.29, 0.717) is 27.8 Å².